The number of aryl methyl sites for hydroxylation is 1. The summed E-state index contributed by atoms with van der Waals surface area (Å²) in [5.41, 5.74) is 2.98. The molecule has 166 valence electrons. The Kier molecular flexibility index (Phi) is 5.64. The number of ether oxygens (including phenoxy) is 1. The van der Waals surface area contributed by atoms with Crippen molar-refractivity contribution in [2.45, 2.75) is 37.6 Å². The van der Waals surface area contributed by atoms with Crippen LogP contribution >= 0.6 is 0 Å². The average Bonchev–Trinajstić information content (AvgIpc) is 3.15. The lowest BCUT2D eigenvalue weighted by Crippen LogP contribution is -2.30. The quantitative estimate of drug-likeness (QED) is 0.564. The normalized spacial score (nSPS) is 17.0. The number of nitrogens with zero attached hydrogens (tertiary/aromatic N) is 2. The van der Waals surface area contributed by atoms with Gasteiger partial charge in [0.1, 0.15) is 0 Å². The van der Waals surface area contributed by atoms with Gasteiger partial charge in [-0.2, -0.15) is 0 Å². The van der Waals surface area contributed by atoms with Crippen LogP contribution in [0.15, 0.2) is 65.8 Å². The van der Waals surface area contributed by atoms with Crippen LogP contribution in [0.1, 0.15) is 36.1 Å². The second kappa shape index (κ2) is 8.27. The van der Waals surface area contributed by atoms with Crippen molar-refractivity contribution in [2.75, 3.05) is 7.11 Å². The summed E-state index contributed by atoms with van der Waals surface area (Å²) in [5, 5.41) is 0.729. The van der Waals surface area contributed by atoms with Gasteiger partial charge in [0.2, 0.25) is 5.91 Å². The molecule has 0 N–H and O–H groups in total. The van der Waals surface area contributed by atoms with E-state index in [9.17, 15) is 18.0 Å². The zero-order valence-electron chi connectivity index (χ0n) is 18.1. The molecule has 2 aromatic carbocycles. The monoisotopic (exact) mass is 452 g/mol. The lowest BCUT2D eigenvalue weighted by atomic mass is 9.95. The van der Waals surface area contributed by atoms with Gasteiger partial charge in [-0.15, -0.1) is 0 Å². The maximum Gasteiger partial charge on any atom is 0.307 e. The maximum absolute atomic E-state index is 13.6. The summed E-state index contributed by atoms with van der Waals surface area (Å²) in [6, 6.07) is 11.4. The molecular formula is C24H24N2O5S. The second-order valence-electron chi connectivity index (χ2n) is 7.82. The van der Waals surface area contributed by atoms with Gasteiger partial charge < -0.3 is 9.64 Å². The summed E-state index contributed by atoms with van der Waals surface area (Å²) in [6.45, 7) is 3.31. The van der Waals surface area contributed by atoms with Crippen molar-refractivity contribution < 1.29 is 22.7 Å². The first kappa shape index (κ1) is 21.8. The predicted molar refractivity (Wildman–Crippen MR) is 120 cm³/mol. The van der Waals surface area contributed by atoms with E-state index in [1.54, 1.807) is 36.5 Å². The number of allylic oxidation sites excluding steroid dienone is 1. The van der Waals surface area contributed by atoms with E-state index in [0.717, 1.165) is 16.5 Å². The Bertz CT molecular complexity index is 1340. The first-order valence-electron chi connectivity index (χ1n) is 10.2. The Morgan fingerprint density at radius 1 is 1.12 bits per heavy atom. The van der Waals surface area contributed by atoms with Crippen LogP contribution < -0.4 is 0 Å². The Labute approximate surface area is 187 Å². The van der Waals surface area contributed by atoms with Crippen LogP contribution in [0.4, 0.5) is 0 Å². The van der Waals surface area contributed by atoms with E-state index in [1.165, 1.54) is 29.1 Å². The predicted octanol–water partition coefficient (Wildman–Crippen LogP) is 3.71. The molecule has 7 nitrogen and oxygen atoms in total. The van der Waals surface area contributed by atoms with Gasteiger partial charge in [0.25, 0.3) is 10.0 Å². The Balaban J connectivity index is 2.00. The van der Waals surface area contributed by atoms with Crippen molar-refractivity contribution in [3.8, 4) is 0 Å². The van der Waals surface area contributed by atoms with E-state index in [4.69, 9.17) is 4.74 Å². The summed E-state index contributed by atoms with van der Waals surface area (Å²) in [5.74, 6) is -0.744. The molecule has 0 saturated heterocycles. The zero-order chi connectivity index (χ0) is 23.0. The smallest absolute Gasteiger partial charge is 0.307 e. The van der Waals surface area contributed by atoms with E-state index in [2.05, 4.69) is 0 Å². The summed E-state index contributed by atoms with van der Waals surface area (Å²) in [6.07, 6.45) is 5.46. The third-order valence-corrected chi connectivity index (χ3v) is 7.43. The van der Waals surface area contributed by atoms with Crippen molar-refractivity contribution in [1.29, 1.82) is 0 Å². The molecule has 0 saturated carbocycles. The topological polar surface area (TPSA) is 85.7 Å². The van der Waals surface area contributed by atoms with Crippen molar-refractivity contribution in [1.82, 2.24) is 8.87 Å². The number of carbonyl (C=O) groups excluding carboxylic acids is 2. The van der Waals surface area contributed by atoms with Gasteiger partial charge in [0.05, 0.1) is 30.0 Å². The Morgan fingerprint density at radius 2 is 1.84 bits per heavy atom. The highest BCUT2D eigenvalue weighted by Gasteiger charge is 2.32. The van der Waals surface area contributed by atoms with Gasteiger partial charge in [0, 0.05) is 30.3 Å². The number of benzene rings is 2. The summed E-state index contributed by atoms with van der Waals surface area (Å²) < 4.78 is 33.3. The number of carbonyl (C=O) groups is 2. The third kappa shape index (κ3) is 3.71. The van der Waals surface area contributed by atoms with Crippen LogP contribution in [-0.2, 0) is 30.8 Å². The lowest BCUT2D eigenvalue weighted by molar-refractivity contribution is -0.142. The third-order valence-electron chi connectivity index (χ3n) is 5.74. The Hall–Kier alpha value is -3.39. The fourth-order valence-electron chi connectivity index (χ4n) is 4.13. The van der Waals surface area contributed by atoms with Gasteiger partial charge in [-0.25, -0.2) is 12.4 Å². The fourth-order valence-corrected chi connectivity index (χ4v) is 5.50. The largest absolute Gasteiger partial charge is 0.469 e. The van der Waals surface area contributed by atoms with Gasteiger partial charge >= 0.3 is 5.97 Å². The van der Waals surface area contributed by atoms with E-state index < -0.39 is 22.0 Å². The van der Waals surface area contributed by atoms with Gasteiger partial charge in [-0.05, 0) is 37.1 Å². The highest BCUT2D eigenvalue weighted by Crippen LogP contribution is 2.38. The molecule has 1 aromatic heterocycles. The minimum absolute atomic E-state index is 0.0988. The minimum atomic E-state index is -3.90. The SMILES string of the molecule is COC(=O)CC1c2cn(S(=O)(=O)c3ccc(C)cc3)c3cccc(c23)C/C=C\N1C(C)=O. The van der Waals surface area contributed by atoms with Crippen LogP contribution in [0.5, 0.6) is 0 Å². The van der Waals surface area contributed by atoms with Crippen LogP contribution in [0.3, 0.4) is 0 Å². The van der Waals surface area contributed by atoms with Gasteiger partial charge in [-0.3, -0.25) is 9.59 Å². The molecule has 0 aliphatic carbocycles. The van der Waals surface area contributed by atoms with Crippen molar-refractivity contribution >= 4 is 32.8 Å². The lowest BCUT2D eigenvalue weighted by Gasteiger charge is -2.28. The molecule has 0 radical (unpaired) electrons. The first-order valence-corrected chi connectivity index (χ1v) is 11.7. The number of rotatable bonds is 4. The number of amides is 1. The van der Waals surface area contributed by atoms with Crippen LogP contribution in [-0.4, -0.2) is 36.3 Å². The van der Waals surface area contributed by atoms with E-state index in [-0.39, 0.29) is 17.2 Å². The fraction of sp³-hybridized carbons (Fsp3) is 0.250. The summed E-state index contributed by atoms with van der Waals surface area (Å²) in [4.78, 5) is 26.3. The highest BCUT2D eigenvalue weighted by atomic mass is 32.2. The number of hydrogen-bond donors (Lipinski definition) is 0. The number of aromatic nitrogens is 1. The number of esters is 1. The number of methoxy groups -OCH3 is 1. The zero-order valence-corrected chi connectivity index (χ0v) is 18.9. The molecule has 32 heavy (non-hydrogen) atoms. The van der Waals surface area contributed by atoms with Crippen LogP contribution in [0.2, 0.25) is 0 Å². The van der Waals surface area contributed by atoms with E-state index in [0.29, 0.717) is 17.5 Å². The standard InChI is InChI=1S/C24H24N2O5S/c1-16-9-11-19(12-10-16)32(29,30)26-15-20-22(14-23(28)31-3)25(17(2)27)13-5-7-18-6-4-8-21(26)24(18)20/h4-6,8-13,15,22H,7,14H2,1-3H3/b13-5-. The number of hydrogen-bond acceptors (Lipinski definition) is 5. The Morgan fingerprint density at radius 3 is 2.50 bits per heavy atom. The minimum Gasteiger partial charge on any atom is -0.469 e. The van der Waals surface area contributed by atoms with Gasteiger partial charge in [-0.1, -0.05) is 35.9 Å². The molecule has 1 unspecified atom stereocenters. The molecule has 1 aliphatic heterocycles. The van der Waals surface area contributed by atoms with Gasteiger partial charge in [0.15, 0.2) is 0 Å². The van der Waals surface area contributed by atoms with Crippen molar-refractivity contribution in [3.05, 3.63) is 77.6 Å². The molecule has 1 atom stereocenters. The molecule has 8 heteroatoms. The van der Waals surface area contributed by atoms with Crippen LogP contribution in [0, 0.1) is 6.92 Å². The van der Waals surface area contributed by atoms with E-state index in [1.807, 2.05) is 25.1 Å². The molecule has 3 aromatic rings. The molecule has 1 amide bonds. The van der Waals surface area contributed by atoms with Crippen LogP contribution in [0.25, 0.3) is 10.9 Å². The van der Waals surface area contributed by atoms with Crippen molar-refractivity contribution in [2.24, 2.45) is 0 Å². The molecule has 0 spiro atoms. The maximum atomic E-state index is 13.6. The van der Waals surface area contributed by atoms with E-state index >= 15 is 0 Å². The molecule has 1 aliphatic rings. The summed E-state index contributed by atoms with van der Waals surface area (Å²) >= 11 is 0. The molecule has 0 fully saturated rings. The highest BCUT2D eigenvalue weighted by molar-refractivity contribution is 7.90. The first-order chi connectivity index (χ1) is 15.2. The second-order valence-corrected chi connectivity index (χ2v) is 9.64. The molecule has 4 rings (SSSR count). The molecular weight excluding hydrogens is 428 g/mol. The summed E-state index contributed by atoms with van der Waals surface area (Å²) in [7, 11) is -2.62. The molecule has 0 bridgehead atoms. The average molecular weight is 453 g/mol. The van der Waals surface area contributed by atoms with Crippen molar-refractivity contribution in [3.63, 3.8) is 0 Å². The molecule has 2 heterocycles.